The lowest BCUT2D eigenvalue weighted by Crippen LogP contribution is -2.35. The maximum atomic E-state index is 12.3. The van der Waals surface area contributed by atoms with Crippen LogP contribution in [0.5, 0.6) is 0 Å². The van der Waals surface area contributed by atoms with Gasteiger partial charge in [0.2, 0.25) is 5.91 Å². The molecule has 1 aromatic rings. The number of hydrazine groups is 1. The molecule has 1 amide bonds. The van der Waals surface area contributed by atoms with Crippen LogP contribution in [0.25, 0.3) is 0 Å². The number of ether oxygens (including phenoxy) is 1. The van der Waals surface area contributed by atoms with E-state index in [2.05, 4.69) is 23.1 Å². The molecule has 2 rings (SSSR count). The van der Waals surface area contributed by atoms with Crippen molar-refractivity contribution in [1.29, 1.82) is 0 Å². The molecular formula is C17H27N3O2. The molecule has 2 unspecified atom stereocenters. The van der Waals surface area contributed by atoms with E-state index in [9.17, 15) is 4.79 Å². The Kier molecular flexibility index (Phi) is 7.36. The smallest absolute Gasteiger partial charge is 0.226 e. The summed E-state index contributed by atoms with van der Waals surface area (Å²) in [5.74, 6) is 0.0170. The minimum atomic E-state index is -0.0802. The van der Waals surface area contributed by atoms with Gasteiger partial charge in [0.1, 0.15) is 0 Å². The Morgan fingerprint density at radius 2 is 2.05 bits per heavy atom. The summed E-state index contributed by atoms with van der Waals surface area (Å²) in [5.41, 5.74) is 7.42. The maximum Gasteiger partial charge on any atom is 0.226 e. The van der Waals surface area contributed by atoms with Crippen LogP contribution in [0, 0.1) is 5.92 Å². The van der Waals surface area contributed by atoms with E-state index in [-0.39, 0.29) is 17.9 Å². The Morgan fingerprint density at radius 1 is 1.27 bits per heavy atom. The standard InChI is InChI=1S/C17H27N3O2/c1-2-3-11-22-12-7-10-18-17(21)15-13-19-20-16(15)14-8-5-4-6-9-14/h4-6,8-9,15-16,19-20H,2-3,7,10-13H2,1H3,(H,18,21). The predicted molar refractivity (Wildman–Crippen MR) is 87.2 cm³/mol. The Morgan fingerprint density at radius 3 is 2.82 bits per heavy atom. The highest BCUT2D eigenvalue weighted by atomic mass is 16.5. The molecule has 5 heteroatoms. The Labute approximate surface area is 132 Å². The monoisotopic (exact) mass is 305 g/mol. The third-order valence-corrected chi connectivity index (χ3v) is 3.88. The zero-order valence-electron chi connectivity index (χ0n) is 13.3. The van der Waals surface area contributed by atoms with Crippen molar-refractivity contribution < 1.29 is 9.53 Å². The quantitative estimate of drug-likeness (QED) is 0.609. The number of unbranched alkanes of at least 4 members (excludes halogenated alkanes) is 1. The van der Waals surface area contributed by atoms with Gasteiger partial charge in [0.05, 0.1) is 12.0 Å². The highest BCUT2D eigenvalue weighted by Gasteiger charge is 2.33. The second kappa shape index (κ2) is 9.56. The number of rotatable bonds is 9. The molecule has 22 heavy (non-hydrogen) atoms. The molecule has 122 valence electrons. The van der Waals surface area contributed by atoms with Gasteiger partial charge in [-0.05, 0) is 18.4 Å². The first kappa shape index (κ1) is 16.9. The van der Waals surface area contributed by atoms with Crippen LogP contribution in [-0.2, 0) is 9.53 Å². The zero-order valence-corrected chi connectivity index (χ0v) is 13.3. The summed E-state index contributed by atoms with van der Waals surface area (Å²) in [6.07, 6.45) is 3.11. The van der Waals surface area contributed by atoms with Crippen molar-refractivity contribution in [3.05, 3.63) is 35.9 Å². The Hall–Kier alpha value is -1.43. The van der Waals surface area contributed by atoms with Crippen molar-refractivity contribution in [3.8, 4) is 0 Å². The average molecular weight is 305 g/mol. The van der Waals surface area contributed by atoms with E-state index < -0.39 is 0 Å². The van der Waals surface area contributed by atoms with Gasteiger partial charge in [0.25, 0.3) is 0 Å². The van der Waals surface area contributed by atoms with Crippen LogP contribution in [0.4, 0.5) is 0 Å². The van der Waals surface area contributed by atoms with Crippen LogP contribution in [0.3, 0.4) is 0 Å². The first-order valence-corrected chi connectivity index (χ1v) is 8.21. The minimum Gasteiger partial charge on any atom is -0.381 e. The molecule has 0 radical (unpaired) electrons. The van der Waals surface area contributed by atoms with E-state index in [1.54, 1.807) is 0 Å². The van der Waals surface area contributed by atoms with E-state index in [0.717, 1.165) is 31.4 Å². The molecule has 1 heterocycles. The molecule has 1 fully saturated rings. The molecule has 5 nitrogen and oxygen atoms in total. The Bertz CT molecular complexity index is 439. The summed E-state index contributed by atoms with van der Waals surface area (Å²) in [6.45, 7) is 5.00. The molecular weight excluding hydrogens is 278 g/mol. The average Bonchev–Trinajstić information content (AvgIpc) is 3.04. The molecule has 2 atom stereocenters. The number of carbonyl (C=O) groups excluding carboxylic acids is 1. The SMILES string of the molecule is CCCCOCCCNC(=O)C1CNNC1c1ccccc1. The van der Waals surface area contributed by atoms with Crippen molar-refractivity contribution in [3.63, 3.8) is 0 Å². The number of hydrogen-bond donors (Lipinski definition) is 3. The third kappa shape index (κ3) is 5.09. The summed E-state index contributed by atoms with van der Waals surface area (Å²) in [4.78, 5) is 12.3. The van der Waals surface area contributed by atoms with Gasteiger partial charge in [-0.3, -0.25) is 10.2 Å². The number of hydrogen-bond acceptors (Lipinski definition) is 4. The van der Waals surface area contributed by atoms with Crippen LogP contribution in [0.2, 0.25) is 0 Å². The second-order valence-electron chi connectivity index (χ2n) is 5.63. The number of nitrogens with one attached hydrogen (secondary N) is 3. The molecule has 1 aliphatic rings. The van der Waals surface area contributed by atoms with Gasteiger partial charge in [-0.1, -0.05) is 43.7 Å². The summed E-state index contributed by atoms with van der Waals surface area (Å²) in [5, 5.41) is 3.02. The molecule has 1 saturated heterocycles. The van der Waals surface area contributed by atoms with E-state index in [1.165, 1.54) is 0 Å². The number of amides is 1. The lowest BCUT2D eigenvalue weighted by molar-refractivity contribution is -0.124. The first-order chi connectivity index (χ1) is 10.8. The van der Waals surface area contributed by atoms with Crippen molar-refractivity contribution in [2.24, 2.45) is 5.92 Å². The number of carbonyl (C=O) groups is 1. The van der Waals surface area contributed by atoms with Gasteiger partial charge in [-0.25, -0.2) is 5.43 Å². The first-order valence-electron chi connectivity index (χ1n) is 8.21. The largest absolute Gasteiger partial charge is 0.381 e. The van der Waals surface area contributed by atoms with Crippen molar-refractivity contribution in [2.45, 2.75) is 32.2 Å². The molecule has 0 bridgehead atoms. The molecule has 0 aliphatic carbocycles. The van der Waals surface area contributed by atoms with Gasteiger partial charge < -0.3 is 10.1 Å². The van der Waals surface area contributed by atoms with Gasteiger partial charge >= 0.3 is 0 Å². The van der Waals surface area contributed by atoms with Gasteiger partial charge in [-0.2, -0.15) is 0 Å². The highest BCUT2D eigenvalue weighted by molar-refractivity contribution is 5.80. The fraction of sp³-hybridized carbons (Fsp3) is 0.588. The predicted octanol–water partition coefficient (Wildman–Crippen LogP) is 1.77. The molecule has 3 N–H and O–H groups in total. The summed E-state index contributed by atoms with van der Waals surface area (Å²) in [6, 6.07) is 10.1. The molecule has 1 aliphatic heterocycles. The second-order valence-corrected chi connectivity index (χ2v) is 5.63. The van der Waals surface area contributed by atoms with Gasteiger partial charge in [0.15, 0.2) is 0 Å². The van der Waals surface area contributed by atoms with E-state index in [4.69, 9.17) is 4.74 Å². The van der Waals surface area contributed by atoms with Crippen LogP contribution < -0.4 is 16.2 Å². The Balaban J connectivity index is 1.70. The van der Waals surface area contributed by atoms with Crippen molar-refractivity contribution in [1.82, 2.24) is 16.2 Å². The van der Waals surface area contributed by atoms with Crippen LogP contribution in [-0.4, -0.2) is 32.2 Å². The van der Waals surface area contributed by atoms with Crippen LogP contribution in [0.1, 0.15) is 37.8 Å². The maximum absolute atomic E-state index is 12.3. The topological polar surface area (TPSA) is 62.4 Å². The normalized spacial score (nSPS) is 21.0. The summed E-state index contributed by atoms with van der Waals surface area (Å²) >= 11 is 0. The zero-order chi connectivity index (χ0) is 15.6. The fourth-order valence-corrected chi connectivity index (χ4v) is 2.58. The van der Waals surface area contributed by atoms with Crippen LogP contribution >= 0.6 is 0 Å². The molecule has 1 aromatic carbocycles. The number of benzene rings is 1. The molecule has 0 aromatic heterocycles. The third-order valence-electron chi connectivity index (χ3n) is 3.88. The summed E-state index contributed by atoms with van der Waals surface area (Å²) < 4.78 is 5.50. The van der Waals surface area contributed by atoms with Crippen molar-refractivity contribution >= 4 is 5.91 Å². The van der Waals surface area contributed by atoms with Gasteiger partial charge in [0, 0.05) is 26.3 Å². The highest BCUT2D eigenvalue weighted by Crippen LogP contribution is 2.24. The lowest BCUT2D eigenvalue weighted by atomic mass is 9.94. The van der Waals surface area contributed by atoms with Crippen molar-refractivity contribution in [2.75, 3.05) is 26.3 Å². The molecule has 0 spiro atoms. The molecule has 0 saturated carbocycles. The minimum absolute atomic E-state index is 0.0296. The fourth-order valence-electron chi connectivity index (χ4n) is 2.58. The van der Waals surface area contributed by atoms with Gasteiger partial charge in [-0.15, -0.1) is 0 Å². The van der Waals surface area contributed by atoms with E-state index in [0.29, 0.717) is 19.7 Å². The van der Waals surface area contributed by atoms with E-state index in [1.807, 2.05) is 30.3 Å². The van der Waals surface area contributed by atoms with E-state index >= 15 is 0 Å². The van der Waals surface area contributed by atoms with Crippen LogP contribution in [0.15, 0.2) is 30.3 Å². The summed E-state index contributed by atoms with van der Waals surface area (Å²) in [7, 11) is 0. The lowest BCUT2D eigenvalue weighted by Gasteiger charge is -2.18.